The first-order valence-corrected chi connectivity index (χ1v) is 10.5. The molecule has 1 unspecified atom stereocenters. The Labute approximate surface area is 187 Å². The van der Waals surface area contributed by atoms with E-state index in [9.17, 15) is 14.0 Å². The molecule has 0 aromatic heterocycles. The van der Waals surface area contributed by atoms with Crippen molar-refractivity contribution in [2.24, 2.45) is 0 Å². The van der Waals surface area contributed by atoms with E-state index in [2.05, 4.69) is 10.6 Å². The molecule has 2 N–H and O–H groups in total. The summed E-state index contributed by atoms with van der Waals surface area (Å²) >= 11 is 13.3. The van der Waals surface area contributed by atoms with Gasteiger partial charge in [-0.3, -0.25) is 9.59 Å². The average molecular weight is 463 g/mol. The van der Waals surface area contributed by atoms with Gasteiger partial charge in [0, 0.05) is 21.2 Å². The molecule has 0 aliphatic carbocycles. The molecule has 0 fully saturated rings. The Morgan fingerprint density at radius 3 is 2.23 bits per heavy atom. The summed E-state index contributed by atoms with van der Waals surface area (Å²) in [6, 6.07) is 17.3. The zero-order chi connectivity index (χ0) is 21.7. The van der Waals surface area contributed by atoms with E-state index >= 15 is 0 Å². The van der Waals surface area contributed by atoms with E-state index in [1.807, 2.05) is 12.1 Å². The fourth-order valence-corrected chi connectivity index (χ4v) is 3.83. The number of benzene rings is 3. The van der Waals surface area contributed by atoms with Crippen molar-refractivity contribution >= 4 is 58.2 Å². The van der Waals surface area contributed by atoms with Crippen LogP contribution in [0.1, 0.15) is 17.3 Å². The van der Waals surface area contributed by atoms with Crippen molar-refractivity contribution < 1.29 is 14.0 Å². The van der Waals surface area contributed by atoms with Crippen LogP contribution in [0.15, 0.2) is 71.6 Å². The molecule has 3 aromatic carbocycles. The number of rotatable bonds is 6. The minimum Gasteiger partial charge on any atom is -0.324 e. The molecule has 2 amide bonds. The molecule has 0 aliphatic rings. The van der Waals surface area contributed by atoms with Crippen LogP contribution in [0.5, 0.6) is 0 Å². The first-order chi connectivity index (χ1) is 14.3. The molecule has 3 rings (SSSR count). The smallest absolute Gasteiger partial charge is 0.255 e. The predicted molar refractivity (Wildman–Crippen MR) is 121 cm³/mol. The van der Waals surface area contributed by atoms with Gasteiger partial charge in [0.05, 0.1) is 16.0 Å². The highest BCUT2D eigenvalue weighted by Crippen LogP contribution is 2.28. The van der Waals surface area contributed by atoms with Gasteiger partial charge in [-0.25, -0.2) is 4.39 Å². The first-order valence-electron chi connectivity index (χ1n) is 8.91. The monoisotopic (exact) mass is 462 g/mol. The van der Waals surface area contributed by atoms with Crippen LogP contribution < -0.4 is 10.6 Å². The van der Waals surface area contributed by atoms with Gasteiger partial charge in [-0.1, -0.05) is 23.2 Å². The van der Waals surface area contributed by atoms with Crippen LogP contribution >= 0.6 is 35.0 Å². The second-order valence-electron chi connectivity index (χ2n) is 6.36. The van der Waals surface area contributed by atoms with Gasteiger partial charge >= 0.3 is 0 Å². The number of anilines is 2. The molecule has 3 aromatic rings. The quantitative estimate of drug-likeness (QED) is 0.410. The summed E-state index contributed by atoms with van der Waals surface area (Å²) < 4.78 is 13.0. The molecule has 0 saturated heterocycles. The lowest BCUT2D eigenvalue weighted by molar-refractivity contribution is -0.115. The van der Waals surface area contributed by atoms with Crippen LogP contribution in [0.2, 0.25) is 10.0 Å². The third-order valence-electron chi connectivity index (χ3n) is 4.09. The Bertz CT molecular complexity index is 1060. The standard InChI is InChI=1S/C22H17Cl2FN2O2S/c1-13(21(28)27-20-11-4-15(23)12-19(20)24)30-18-9-7-17(8-10-18)26-22(29)14-2-5-16(25)6-3-14/h2-13H,1H3,(H,26,29)(H,27,28). The van der Waals surface area contributed by atoms with Crippen molar-refractivity contribution in [1.29, 1.82) is 0 Å². The average Bonchev–Trinajstić information content (AvgIpc) is 2.72. The van der Waals surface area contributed by atoms with Gasteiger partial charge in [0.2, 0.25) is 5.91 Å². The molecule has 0 bridgehead atoms. The number of carbonyl (C=O) groups is 2. The highest BCUT2D eigenvalue weighted by molar-refractivity contribution is 8.00. The zero-order valence-corrected chi connectivity index (χ0v) is 18.1. The summed E-state index contributed by atoms with van der Waals surface area (Å²) in [5.41, 5.74) is 1.46. The molecule has 8 heteroatoms. The first kappa shape index (κ1) is 22.2. The van der Waals surface area contributed by atoms with E-state index in [4.69, 9.17) is 23.2 Å². The third-order valence-corrected chi connectivity index (χ3v) is 5.75. The second-order valence-corrected chi connectivity index (χ2v) is 8.62. The number of amides is 2. The minimum atomic E-state index is -0.399. The van der Waals surface area contributed by atoms with Crippen LogP contribution in [-0.2, 0) is 4.79 Å². The number of carbonyl (C=O) groups excluding carboxylic acids is 2. The predicted octanol–water partition coefficient (Wildman–Crippen LogP) is 6.50. The van der Waals surface area contributed by atoms with Crippen LogP contribution in [0.4, 0.5) is 15.8 Å². The lowest BCUT2D eigenvalue weighted by atomic mass is 10.2. The van der Waals surface area contributed by atoms with Gasteiger partial charge in [0.15, 0.2) is 0 Å². The summed E-state index contributed by atoms with van der Waals surface area (Å²) in [5, 5.41) is 6.02. The summed E-state index contributed by atoms with van der Waals surface area (Å²) in [7, 11) is 0. The van der Waals surface area contributed by atoms with Gasteiger partial charge in [0.25, 0.3) is 5.91 Å². The van der Waals surface area contributed by atoms with Gasteiger partial charge in [-0.2, -0.15) is 0 Å². The number of nitrogens with one attached hydrogen (secondary N) is 2. The molecular formula is C22H17Cl2FN2O2S. The Hall–Kier alpha value is -2.54. The molecule has 4 nitrogen and oxygen atoms in total. The number of hydrogen-bond acceptors (Lipinski definition) is 3. The molecule has 30 heavy (non-hydrogen) atoms. The Morgan fingerprint density at radius 1 is 0.933 bits per heavy atom. The lowest BCUT2D eigenvalue weighted by Gasteiger charge is -2.13. The molecule has 0 saturated carbocycles. The maximum atomic E-state index is 13.0. The Balaban J connectivity index is 1.57. The van der Waals surface area contributed by atoms with Gasteiger partial charge in [0.1, 0.15) is 5.82 Å². The van der Waals surface area contributed by atoms with E-state index in [0.717, 1.165) is 4.90 Å². The molecule has 1 atom stereocenters. The maximum Gasteiger partial charge on any atom is 0.255 e. The highest BCUT2D eigenvalue weighted by atomic mass is 35.5. The van der Waals surface area contributed by atoms with Crippen LogP contribution in [0, 0.1) is 5.82 Å². The summed E-state index contributed by atoms with van der Waals surface area (Å²) in [6.07, 6.45) is 0. The van der Waals surface area contributed by atoms with Crippen molar-refractivity contribution in [3.8, 4) is 0 Å². The Morgan fingerprint density at radius 2 is 1.60 bits per heavy atom. The third kappa shape index (κ3) is 5.98. The minimum absolute atomic E-state index is 0.196. The SMILES string of the molecule is CC(Sc1ccc(NC(=O)c2ccc(F)cc2)cc1)C(=O)Nc1ccc(Cl)cc1Cl. The van der Waals surface area contributed by atoms with Crippen LogP contribution in [0.3, 0.4) is 0 Å². The summed E-state index contributed by atoms with van der Waals surface area (Å²) in [4.78, 5) is 25.5. The van der Waals surface area contributed by atoms with Crippen molar-refractivity contribution in [2.45, 2.75) is 17.1 Å². The van der Waals surface area contributed by atoms with Crippen molar-refractivity contribution in [3.63, 3.8) is 0 Å². The lowest BCUT2D eigenvalue weighted by Crippen LogP contribution is -2.22. The molecule has 154 valence electrons. The molecule has 0 radical (unpaired) electrons. The molecular weight excluding hydrogens is 446 g/mol. The van der Waals surface area contributed by atoms with E-state index in [-0.39, 0.29) is 17.1 Å². The van der Waals surface area contributed by atoms with E-state index < -0.39 is 5.82 Å². The molecule has 0 aliphatic heterocycles. The van der Waals surface area contributed by atoms with Gasteiger partial charge in [-0.05, 0) is 73.7 Å². The fourth-order valence-electron chi connectivity index (χ4n) is 2.50. The van der Waals surface area contributed by atoms with E-state index in [0.29, 0.717) is 27.0 Å². The summed E-state index contributed by atoms with van der Waals surface area (Å²) in [5.74, 6) is -0.926. The van der Waals surface area contributed by atoms with Gasteiger partial charge < -0.3 is 10.6 Å². The van der Waals surface area contributed by atoms with Gasteiger partial charge in [-0.15, -0.1) is 11.8 Å². The highest BCUT2D eigenvalue weighted by Gasteiger charge is 2.16. The number of thioether (sulfide) groups is 1. The van der Waals surface area contributed by atoms with Crippen molar-refractivity contribution in [3.05, 3.63) is 88.2 Å². The second kappa shape index (κ2) is 9.98. The normalized spacial score (nSPS) is 11.6. The van der Waals surface area contributed by atoms with Crippen molar-refractivity contribution in [2.75, 3.05) is 10.6 Å². The van der Waals surface area contributed by atoms with E-state index in [1.54, 1.807) is 37.3 Å². The van der Waals surface area contributed by atoms with Crippen LogP contribution in [-0.4, -0.2) is 17.1 Å². The fraction of sp³-hybridized carbons (Fsp3) is 0.0909. The topological polar surface area (TPSA) is 58.2 Å². The molecule has 0 heterocycles. The summed E-state index contributed by atoms with van der Waals surface area (Å²) in [6.45, 7) is 1.79. The Kier molecular flexibility index (Phi) is 7.37. The van der Waals surface area contributed by atoms with Crippen LogP contribution in [0.25, 0.3) is 0 Å². The number of hydrogen-bond donors (Lipinski definition) is 2. The largest absolute Gasteiger partial charge is 0.324 e. The zero-order valence-electron chi connectivity index (χ0n) is 15.8. The number of halogens is 3. The molecule has 0 spiro atoms. The van der Waals surface area contributed by atoms with Crippen molar-refractivity contribution in [1.82, 2.24) is 0 Å². The maximum absolute atomic E-state index is 13.0. The van der Waals surface area contributed by atoms with E-state index in [1.165, 1.54) is 36.0 Å².